The largest absolute Gasteiger partial charge is 0.465 e. The Bertz CT molecular complexity index is 911. The molecule has 5 nitrogen and oxygen atoms in total. The average Bonchev–Trinajstić information content (AvgIpc) is 2.61. The number of hydrogen-bond acceptors (Lipinski definition) is 2. The van der Waals surface area contributed by atoms with E-state index in [-0.39, 0.29) is 17.1 Å². The molecule has 0 saturated heterocycles. The van der Waals surface area contributed by atoms with E-state index in [1.165, 1.54) is 28.0 Å². The Labute approximate surface area is 162 Å². The first-order valence-corrected chi connectivity index (χ1v) is 9.03. The van der Waals surface area contributed by atoms with E-state index in [0.717, 1.165) is 11.1 Å². The Morgan fingerprint density at radius 1 is 1.22 bits per heavy atom. The van der Waals surface area contributed by atoms with Crippen molar-refractivity contribution in [3.63, 3.8) is 0 Å². The van der Waals surface area contributed by atoms with Crippen LogP contribution in [0.5, 0.6) is 0 Å². The Kier molecular flexibility index (Phi) is 5.11. The maximum Gasteiger partial charge on any atom is 0.412 e. The molecule has 0 aliphatic carbocycles. The van der Waals surface area contributed by atoms with Crippen molar-refractivity contribution in [3.05, 3.63) is 57.9 Å². The molecule has 27 heavy (non-hydrogen) atoms. The molecule has 0 saturated carbocycles. The molecule has 2 aromatic rings. The van der Waals surface area contributed by atoms with Gasteiger partial charge in [0.15, 0.2) is 0 Å². The van der Waals surface area contributed by atoms with Gasteiger partial charge < -0.3 is 10.0 Å². The molecule has 1 N–H and O–H groups in total. The molecular weight excluding hydrogens is 371 g/mol. The normalized spacial score (nSPS) is 16.3. The third-order valence-corrected chi connectivity index (χ3v) is 5.31. The minimum Gasteiger partial charge on any atom is -0.465 e. The molecule has 0 aromatic heterocycles. The summed E-state index contributed by atoms with van der Waals surface area (Å²) in [7, 11) is 0. The Hall–Kier alpha value is -2.60. The van der Waals surface area contributed by atoms with Gasteiger partial charge in [0, 0.05) is 6.54 Å². The van der Waals surface area contributed by atoms with Crippen LogP contribution in [0.25, 0.3) is 0 Å². The van der Waals surface area contributed by atoms with E-state index in [9.17, 15) is 19.1 Å². The summed E-state index contributed by atoms with van der Waals surface area (Å²) in [5, 5.41) is 9.75. The first-order valence-electron chi connectivity index (χ1n) is 8.65. The van der Waals surface area contributed by atoms with Crippen molar-refractivity contribution in [2.24, 2.45) is 0 Å². The van der Waals surface area contributed by atoms with E-state index in [1.54, 1.807) is 12.1 Å². The number of nitrogens with zero attached hydrogens (tertiary/aromatic N) is 2. The van der Waals surface area contributed by atoms with Crippen LogP contribution < -0.4 is 9.80 Å². The van der Waals surface area contributed by atoms with Crippen LogP contribution in [0.15, 0.2) is 30.3 Å². The summed E-state index contributed by atoms with van der Waals surface area (Å²) < 4.78 is 14.3. The molecule has 1 aliphatic rings. The van der Waals surface area contributed by atoms with E-state index < -0.39 is 23.9 Å². The number of aryl methyl sites for hydroxylation is 2. The average molecular weight is 391 g/mol. The molecule has 0 radical (unpaired) electrons. The van der Waals surface area contributed by atoms with Gasteiger partial charge in [-0.25, -0.2) is 9.18 Å². The van der Waals surface area contributed by atoms with Gasteiger partial charge in [-0.05, 0) is 55.7 Å². The van der Waals surface area contributed by atoms with E-state index >= 15 is 0 Å². The minimum atomic E-state index is -1.08. The predicted octanol–water partition coefficient (Wildman–Crippen LogP) is 5.02. The summed E-state index contributed by atoms with van der Waals surface area (Å²) in [5.74, 6) is -1.28. The fraction of sp³-hybridized carbons (Fsp3) is 0.300. The molecule has 7 heteroatoms. The third-order valence-electron chi connectivity index (χ3n) is 5.00. The number of carbonyl (C=O) groups excluding carboxylic acids is 1. The van der Waals surface area contributed by atoms with Crippen molar-refractivity contribution in [2.45, 2.75) is 33.2 Å². The zero-order valence-corrected chi connectivity index (χ0v) is 16.0. The van der Waals surface area contributed by atoms with Crippen molar-refractivity contribution in [3.8, 4) is 0 Å². The maximum atomic E-state index is 14.3. The van der Waals surface area contributed by atoms with Crippen molar-refractivity contribution in [1.82, 2.24) is 0 Å². The molecule has 142 valence electrons. The van der Waals surface area contributed by atoms with Gasteiger partial charge in [-0.2, -0.15) is 0 Å². The van der Waals surface area contributed by atoms with Crippen molar-refractivity contribution in [2.75, 3.05) is 16.3 Å². The molecule has 1 aliphatic heterocycles. The molecule has 0 spiro atoms. The van der Waals surface area contributed by atoms with Gasteiger partial charge in [-0.1, -0.05) is 24.6 Å². The summed E-state index contributed by atoms with van der Waals surface area (Å²) in [6, 6.07) is 7.16. The monoisotopic (exact) mass is 390 g/mol. The lowest BCUT2D eigenvalue weighted by molar-refractivity contribution is 0.0979. The summed E-state index contributed by atoms with van der Waals surface area (Å²) in [6.45, 7) is 5.74. The van der Waals surface area contributed by atoms with Crippen LogP contribution in [0, 0.1) is 19.7 Å². The van der Waals surface area contributed by atoms with Crippen LogP contribution in [0.2, 0.25) is 5.02 Å². The number of benzene rings is 2. The van der Waals surface area contributed by atoms with Crippen molar-refractivity contribution < 1.29 is 19.1 Å². The molecule has 0 fully saturated rings. The highest BCUT2D eigenvalue weighted by Crippen LogP contribution is 2.40. The van der Waals surface area contributed by atoms with Gasteiger partial charge in [-0.3, -0.25) is 9.69 Å². The number of anilines is 2. The van der Waals surface area contributed by atoms with Crippen LogP contribution >= 0.6 is 11.6 Å². The number of hydrogen-bond donors (Lipinski definition) is 1. The molecule has 1 heterocycles. The predicted molar refractivity (Wildman–Crippen MR) is 104 cm³/mol. The van der Waals surface area contributed by atoms with E-state index in [4.69, 9.17) is 11.6 Å². The summed E-state index contributed by atoms with van der Waals surface area (Å²) in [5.41, 5.74) is 2.47. The van der Waals surface area contributed by atoms with Gasteiger partial charge in [0.25, 0.3) is 5.91 Å². The number of fused-ring (bicyclic) bond motifs is 1. The summed E-state index contributed by atoms with van der Waals surface area (Å²) in [4.78, 5) is 27.8. The first kappa shape index (κ1) is 19.2. The number of rotatable bonds is 2. The van der Waals surface area contributed by atoms with E-state index in [2.05, 4.69) is 0 Å². The second kappa shape index (κ2) is 7.19. The maximum absolute atomic E-state index is 14.3. The number of carbonyl (C=O) groups is 2. The van der Waals surface area contributed by atoms with Crippen molar-refractivity contribution in [1.29, 1.82) is 0 Å². The zero-order valence-electron chi connectivity index (χ0n) is 15.3. The highest BCUT2D eigenvalue weighted by Gasteiger charge is 2.38. The van der Waals surface area contributed by atoms with Crippen LogP contribution in [-0.2, 0) is 0 Å². The second-order valence-electron chi connectivity index (χ2n) is 6.65. The van der Waals surface area contributed by atoms with Gasteiger partial charge in [-0.15, -0.1) is 0 Å². The third kappa shape index (κ3) is 3.25. The van der Waals surface area contributed by atoms with E-state index in [0.29, 0.717) is 17.8 Å². The SMILES string of the molecule is CCC1CN(C(=O)c2c(F)cccc2Cl)c2cc(C)c(C)cc2N1C(=O)O. The van der Waals surface area contributed by atoms with Crippen LogP contribution in [-0.4, -0.2) is 29.7 Å². The molecule has 3 rings (SSSR count). The Morgan fingerprint density at radius 2 is 1.85 bits per heavy atom. The second-order valence-corrected chi connectivity index (χ2v) is 7.06. The minimum absolute atomic E-state index is 0.0269. The topological polar surface area (TPSA) is 60.9 Å². The van der Waals surface area contributed by atoms with Gasteiger partial charge in [0.05, 0.1) is 28.0 Å². The van der Waals surface area contributed by atoms with E-state index in [1.807, 2.05) is 20.8 Å². The smallest absolute Gasteiger partial charge is 0.412 e. The number of carboxylic acid groups (broad SMARTS) is 1. The molecule has 2 amide bonds. The first-order chi connectivity index (χ1) is 12.8. The molecule has 1 atom stereocenters. The zero-order chi connectivity index (χ0) is 19.9. The fourth-order valence-corrected chi connectivity index (χ4v) is 3.63. The van der Waals surface area contributed by atoms with Gasteiger partial charge >= 0.3 is 6.09 Å². The van der Waals surface area contributed by atoms with Crippen LogP contribution in [0.1, 0.15) is 34.8 Å². The summed E-state index contributed by atoms with van der Waals surface area (Å²) in [6.07, 6.45) is -0.574. The molecule has 0 bridgehead atoms. The fourth-order valence-electron chi connectivity index (χ4n) is 3.38. The number of halogens is 2. The van der Waals surface area contributed by atoms with Crippen molar-refractivity contribution >= 4 is 35.0 Å². The molecular formula is C20H20ClFN2O3. The van der Waals surface area contributed by atoms with Crippen LogP contribution in [0.4, 0.5) is 20.6 Å². The Morgan fingerprint density at radius 3 is 2.41 bits per heavy atom. The molecule has 1 unspecified atom stereocenters. The quantitative estimate of drug-likeness (QED) is 0.783. The van der Waals surface area contributed by atoms with Gasteiger partial charge in [0.1, 0.15) is 5.82 Å². The standard InChI is InChI=1S/C20H20ClFN2O3/c1-4-13-10-23(19(25)18-14(21)6-5-7-15(18)22)16-8-11(2)12(3)9-17(16)24(13)20(26)27/h5-9,13H,4,10H2,1-3H3,(H,26,27). The van der Waals surface area contributed by atoms with Crippen LogP contribution in [0.3, 0.4) is 0 Å². The molecule has 2 aromatic carbocycles. The Balaban J connectivity index is 2.20. The summed E-state index contributed by atoms with van der Waals surface area (Å²) >= 11 is 6.08. The lowest BCUT2D eigenvalue weighted by Gasteiger charge is -2.41. The highest BCUT2D eigenvalue weighted by molar-refractivity contribution is 6.34. The highest BCUT2D eigenvalue weighted by atomic mass is 35.5. The number of amides is 2. The van der Waals surface area contributed by atoms with Gasteiger partial charge in [0.2, 0.25) is 0 Å². The lowest BCUT2D eigenvalue weighted by Crippen LogP contribution is -2.53. The lowest BCUT2D eigenvalue weighted by atomic mass is 9.99.